The molecule has 0 N–H and O–H groups in total. The van der Waals surface area contributed by atoms with Gasteiger partial charge in [0.25, 0.3) is 0 Å². The molecule has 0 atom stereocenters. The van der Waals surface area contributed by atoms with E-state index < -0.39 is 25.6 Å². The van der Waals surface area contributed by atoms with E-state index in [4.69, 9.17) is 0 Å². The van der Waals surface area contributed by atoms with E-state index in [0.717, 1.165) is 0 Å². The van der Waals surface area contributed by atoms with Gasteiger partial charge in [-0.2, -0.15) is 26.3 Å². The maximum absolute atomic E-state index is 12.2. The lowest BCUT2D eigenvalue weighted by atomic mass is 10.1. The van der Waals surface area contributed by atoms with E-state index in [-0.39, 0.29) is 11.5 Å². The number of ether oxygens (including phenoxy) is 2. The molecule has 2 aromatic rings. The second-order valence-electron chi connectivity index (χ2n) is 4.45. The lowest BCUT2D eigenvalue weighted by Crippen LogP contribution is -2.21. The smallest absolute Gasteiger partial charge is 0.422 e. The van der Waals surface area contributed by atoms with E-state index in [1.54, 1.807) is 24.3 Å². The average Bonchev–Trinajstić information content (AvgIpc) is 2.40. The number of benzene rings is 2. The summed E-state index contributed by atoms with van der Waals surface area (Å²) in [5, 5.41) is 1.05. The summed E-state index contributed by atoms with van der Waals surface area (Å²) < 4.78 is 82.4. The normalized spacial score (nSPS) is 12.5. The van der Waals surface area contributed by atoms with Crippen LogP contribution in [-0.4, -0.2) is 25.6 Å². The lowest BCUT2D eigenvalue weighted by molar-refractivity contribution is -0.158. The molecule has 0 aliphatic carbocycles. The minimum Gasteiger partial charge on any atom is -0.480 e. The van der Waals surface area contributed by atoms with Gasteiger partial charge in [-0.25, -0.2) is 0 Å². The second-order valence-corrected chi connectivity index (χ2v) is 4.45. The van der Waals surface area contributed by atoms with Crippen LogP contribution in [0, 0.1) is 0 Å². The van der Waals surface area contributed by atoms with Crippen LogP contribution in [0.25, 0.3) is 10.8 Å². The molecule has 0 aliphatic rings. The fourth-order valence-electron chi connectivity index (χ4n) is 1.74. The summed E-state index contributed by atoms with van der Waals surface area (Å²) in [4.78, 5) is 0. The summed E-state index contributed by atoms with van der Waals surface area (Å²) in [7, 11) is 0. The van der Waals surface area contributed by atoms with Gasteiger partial charge < -0.3 is 9.47 Å². The highest BCUT2D eigenvalue weighted by Crippen LogP contribution is 2.34. The molecular formula is C14H10F6O2. The molecule has 0 saturated carbocycles. The summed E-state index contributed by atoms with van der Waals surface area (Å²) >= 11 is 0. The van der Waals surface area contributed by atoms with Crippen molar-refractivity contribution in [3.63, 3.8) is 0 Å². The van der Waals surface area contributed by atoms with Gasteiger partial charge in [0.15, 0.2) is 24.7 Å². The quantitative estimate of drug-likeness (QED) is 0.758. The molecule has 0 aliphatic heterocycles. The molecule has 0 amide bonds. The number of rotatable bonds is 4. The van der Waals surface area contributed by atoms with Crippen LogP contribution in [0.1, 0.15) is 0 Å². The van der Waals surface area contributed by atoms with E-state index >= 15 is 0 Å². The molecule has 8 heteroatoms. The van der Waals surface area contributed by atoms with Gasteiger partial charge in [-0.3, -0.25) is 0 Å². The summed E-state index contributed by atoms with van der Waals surface area (Å²) in [6.07, 6.45) is -9.21. The summed E-state index contributed by atoms with van der Waals surface area (Å²) in [6.45, 7) is -3.23. The second kappa shape index (κ2) is 5.94. The molecule has 0 spiro atoms. The van der Waals surface area contributed by atoms with Gasteiger partial charge >= 0.3 is 12.4 Å². The predicted octanol–water partition coefficient (Wildman–Crippen LogP) is 4.72. The Morgan fingerprint density at radius 2 is 1.05 bits per heavy atom. The van der Waals surface area contributed by atoms with Crippen molar-refractivity contribution in [2.24, 2.45) is 0 Å². The van der Waals surface area contributed by atoms with Crippen molar-refractivity contribution in [2.75, 3.05) is 13.2 Å². The molecule has 2 aromatic carbocycles. The molecule has 22 heavy (non-hydrogen) atoms. The number of hydrogen-bond acceptors (Lipinski definition) is 2. The molecular weight excluding hydrogens is 314 g/mol. The van der Waals surface area contributed by atoms with Crippen molar-refractivity contribution < 1.29 is 35.8 Å². The van der Waals surface area contributed by atoms with Crippen LogP contribution in [0.15, 0.2) is 36.4 Å². The number of alkyl halides is 6. The van der Waals surface area contributed by atoms with Crippen LogP contribution < -0.4 is 9.47 Å². The summed E-state index contributed by atoms with van der Waals surface area (Å²) in [5.74, 6) is -0.777. The minimum atomic E-state index is -4.60. The highest BCUT2D eigenvalue weighted by Gasteiger charge is 2.31. The summed E-state index contributed by atoms with van der Waals surface area (Å²) in [6, 6.07) is 8.92. The molecule has 2 rings (SSSR count). The zero-order valence-electron chi connectivity index (χ0n) is 11.0. The fourth-order valence-corrected chi connectivity index (χ4v) is 1.74. The van der Waals surface area contributed by atoms with Gasteiger partial charge in [0.2, 0.25) is 0 Å². The number of hydrogen-bond donors (Lipinski definition) is 0. The van der Waals surface area contributed by atoms with Gasteiger partial charge in [-0.1, -0.05) is 24.3 Å². The first-order valence-corrected chi connectivity index (χ1v) is 6.06. The van der Waals surface area contributed by atoms with Gasteiger partial charge in [-0.15, -0.1) is 0 Å². The van der Waals surface area contributed by atoms with Crippen LogP contribution >= 0.6 is 0 Å². The third-order valence-corrected chi connectivity index (χ3v) is 2.59. The van der Waals surface area contributed by atoms with Gasteiger partial charge in [0.05, 0.1) is 0 Å². The molecule has 0 saturated heterocycles. The first-order chi connectivity index (χ1) is 10.1. The SMILES string of the molecule is FC(F)(F)COc1cc2ccccc2cc1OCC(F)(F)F. The fraction of sp³-hybridized carbons (Fsp3) is 0.286. The third kappa shape index (κ3) is 4.71. The van der Waals surface area contributed by atoms with Crippen LogP contribution in [0.2, 0.25) is 0 Å². The highest BCUT2D eigenvalue weighted by molar-refractivity contribution is 5.86. The molecule has 120 valence electrons. The van der Waals surface area contributed by atoms with E-state index in [0.29, 0.717) is 10.8 Å². The van der Waals surface area contributed by atoms with Crippen molar-refractivity contribution in [2.45, 2.75) is 12.4 Å². The first kappa shape index (κ1) is 16.3. The maximum Gasteiger partial charge on any atom is 0.422 e. The van der Waals surface area contributed by atoms with Crippen molar-refractivity contribution in [1.82, 2.24) is 0 Å². The number of fused-ring (bicyclic) bond motifs is 1. The van der Waals surface area contributed by atoms with E-state index in [2.05, 4.69) is 9.47 Å². The van der Waals surface area contributed by atoms with Crippen molar-refractivity contribution in [3.8, 4) is 11.5 Å². The van der Waals surface area contributed by atoms with Gasteiger partial charge in [0.1, 0.15) is 0 Å². The third-order valence-electron chi connectivity index (χ3n) is 2.59. The van der Waals surface area contributed by atoms with Crippen LogP contribution in [-0.2, 0) is 0 Å². The number of halogens is 6. The molecule has 2 nitrogen and oxygen atoms in total. The Labute approximate surface area is 121 Å². The average molecular weight is 324 g/mol. The minimum absolute atomic E-state index is 0.389. The predicted molar refractivity (Wildman–Crippen MR) is 67.0 cm³/mol. The van der Waals surface area contributed by atoms with Gasteiger partial charge in [0, 0.05) is 0 Å². The van der Waals surface area contributed by atoms with Crippen LogP contribution in [0.5, 0.6) is 11.5 Å². The Morgan fingerprint density at radius 1 is 0.682 bits per heavy atom. The largest absolute Gasteiger partial charge is 0.480 e. The molecule has 0 bridgehead atoms. The Hall–Kier alpha value is -2.12. The Kier molecular flexibility index (Phi) is 4.39. The summed E-state index contributed by atoms with van der Waals surface area (Å²) in [5.41, 5.74) is 0. The first-order valence-electron chi connectivity index (χ1n) is 6.06. The van der Waals surface area contributed by atoms with Crippen LogP contribution in [0.4, 0.5) is 26.3 Å². The van der Waals surface area contributed by atoms with E-state index in [9.17, 15) is 26.3 Å². The molecule has 0 aromatic heterocycles. The lowest BCUT2D eigenvalue weighted by Gasteiger charge is -2.16. The van der Waals surface area contributed by atoms with Crippen molar-refractivity contribution in [3.05, 3.63) is 36.4 Å². The van der Waals surface area contributed by atoms with Crippen molar-refractivity contribution in [1.29, 1.82) is 0 Å². The zero-order valence-corrected chi connectivity index (χ0v) is 11.0. The monoisotopic (exact) mass is 324 g/mol. The highest BCUT2D eigenvalue weighted by atomic mass is 19.4. The van der Waals surface area contributed by atoms with E-state index in [1.165, 1.54) is 12.1 Å². The maximum atomic E-state index is 12.2. The van der Waals surface area contributed by atoms with Crippen molar-refractivity contribution >= 4 is 10.8 Å². The van der Waals surface area contributed by atoms with Crippen LogP contribution in [0.3, 0.4) is 0 Å². The molecule has 0 radical (unpaired) electrons. The molecule has 0 unspecified atom stereocenters. The Morgan fingerprint density at radius 3 is 1.36 bits per heavy atom. The van der Waals surface area contributed by atoms with Gasteiger partial charge in [-0.05, 0) is 22.9 Å². The standard InChI is InChI=1S/C14H10F6O2/c15-13(16,17)7-21-11-5-9-3-1-2-4-10(9)6-12(11)22-8-14(18,19)20/h1-6H,7-8H2. The molecule has 0 fully saturated rings. The molecule has 0 heterocycles. The topological polar surface area (TPSA) is 18.5 Å². The van der Waals surface area contributed by atoms with E-state index in [1.807, 2.05) is 0 Å². The Balaban J connectivity index is 2.32. The Bertz CT molecular complexity index is 591. The zero-order chi connectivity index (χ0) is 16.4.